The minimum absolute atomic E-state index is 0.101. The molecule has 0 radical (unpaired) electrons. The van der Waals surface area contributed by atoms with Gasteiger partial charge in [-0.25, -0.2) is 9.78 Å². The summed E-state index contributed by atoms with van der Waals surface area (Å²) in [7, 11) is 0. The molecule has 2 atom stereocenters. The second kappa shape index (κ2) is 7.09. The van der Waals surface area contributed by atoms with Crippen LogP contribution in [0.15, 0.2) is 12.3 Å². The van der Waals surface area contributed by atoms with E-state index < -0.39 is 23.4 Å². The molecule has 1 aliphatic rings. The van der Waals surface area contributed by atoms with E-state index in [4.69, 9.17) is 4.74 Å². The van der Waals surface area contributed by atoms with Crippen LogP contribution in [0.4, 0.5) is 23.8 Å². The van der Waals surface area contributed by atoms with Gasteiger partial charge in [0, 0.05) is 12.2 Å². The van der Waals surface area contributed by atoms with Gasteiger partial charge in [0.15, 0.2) is 0 Å². The van der Waals surface area contributed by atoms with E-state index in [1.807, 2.05) is 0 Å². The minimum Gasteiger partial charge on any atom is -0.444 e. The largest absolute Gasteiger partial charge is 0.444 e. The smallest absolute Gasteiger partial charge is 0.417 e. The number of nitrogens with one attached hydrogen (secondary N) is 2. The molecule has 25 heavy (non-hydrogen) atoms. The molecular weight excluding hydrogens is 335 g/mol. The highest BCUT2D eigenvalue weighted by molar-refractivity contribution is 5.68. The number of carbonyl (C=O) groups excluding carboxylic acids is 1. The van der Waals surface area contributed by atoms with Crippen LogP contribution in [0.2, 0.25) is 0 Å². The minimum atomic E-state index is -4.41. The summed E-state index contributed by atoms with van der Waals surface area (Å²) in [5, 5.41) is 5.99. The van der Waals surface area contributed by atoms with Gasteiger partial charge >= 0.3 is 12.3 Å². The third kappa shape index (κ3) is 5.51. The van der Waals surface area contributed by atoms with E-state index in [2.05, 4.69) is 15.6 Å². The first-order valence-corrected chi connectivity index (χ1v) is 8.25. The molecule has 1 unspecified atom stereocenters. The number of hydrogen-bond acceptors (Lipinski definition) is 4. The molecule has 8 heteroatoms. The molecule has 2 N–H and O–H groups in total. The second-order valence-electron chi connectivity index (χ2n) is 7.32. The number of alkyl carbamates (subject to hydrolysis) is 1. The third-order valence-corrected chi connectivity index (χ3v) is 3.95. The maximum Gasteiger partial charge on any atom is 0.417 e. The first kappa shape index (κ1) is 19.3. The number of nitrogens with zero attached hydrogens (tertiary/aromatic N) is 1. The van der Waals surface area contributed by atoms with Gasteiger partial charge in [0.25, 0.3) is 0 Å². The molecule has 0 spiro atoms. The number of hydrogen-bond donors (Lipinski definition) is 2. The summed E-state index contributed by atoms with van der Waals surface area (Å²) in [4.78, 5) is 15.8. The van der Waals surface area contributed by atoms with Crippen LogP contribution in [-0.2, 0) is 10.9 Å². The number of pyridine rings is 1. The summed E-state index contributed by atoms with van der Waals surface area (Å²) in [6.45, 7) is 6.93. The van der Waals surface area contributed by atoms with Crippen molar-refractivity contribution in [2.45, 2.75) is 70.8 Å². The quantitative estimate of drug-likeness (QED) is 0.846. The molecule has 1 aromatic rings. The lowest BCUT2D eigenvalue weighted by Crippen LogP contribution is -2.45. The fraction of sp³-hybridized carbons (Fsp3) is 0.647. The molecule has 1 amide bonds. The van der Waals surface area contributed by atoms with E-state index >= 15 is 0 Å². The van der Waals surface area contributed by atoms with Crippen LogP contribution in [0.5, 0.6) is 0 Å². The maximum absolute atomic E-state index is 12.7. The molecule has 1 saturated carbocycles. The Bertz CT molecular complexity index is 627. The molecule has 1 heterocycles. The summed E-state index contributed by atoms with van der Waals surface area (Å²) >= 11 is 0. The van der Waals surface area contributed by atoms with Crippen molar-refractivity contribution in [3.63, 3.8) is 0 Å². The SMILES string of the molecule is Cc1cc(C(F)(F)F)cnc1N[C@H]1CCCC1NC(=O)OC(C)(C)C. The van der Waals surface area contributed by atoms with Crippen molar-refractivity contribution in [3.8, 4) is 0 Å². The van der Waals surface area contributed by atoms with E-state index in [1.165, 1.54) is 0 Å². The van der Waals surface area contributed by atoms with Crippen LogP contribution in [0.1, 0.15) is 51.2 Å². The van der Waals surface area contributed by atoms with Crippen LogP contribution < -0.4 is 10.6 Å². The number of amides is 1. The monoisotopic (exact) mass is 359 g/mol. The third-order valence-electron chi connectivity index (χ3n) is 3.95. The zero-order chi connectivity index (χ0) is 18.8. The topological polar surface area (TPSA) is 63.2 Å². The number of aryl methyl sites for hydroxylation is 1. The summed E-state index contributed by atoms with van der Waals surface area (Å²) in [6, 6.07) is 0.814. The van der Waals surface area contributed by atoms with E-state index in [0.29, 0.717) is 11.4 Å². The fourth-order valence-electron chi connectivity index (χ4n) is 2.82. The second-order valence-corrected chi connectivity index (χ2v) is 7.32. The number of aromatic nitrogens is 1. The lowest BCUT2D eigenvalue weighted by molar-refractivity contribution is -0.137. The van der Waals surface area contributed by atoms with Gasteiger partial charge in [-0.3, -0.25) is 0 Å². The Morgan fingerprint density at radius 2 is 1.88 bits per heavy atom. The Morgan fingerprint density at radius 3 is 2.44 bits per heavy atom. The van der Waals surface area contributed by atoms with Crippen molar-refractivity contribution in [1.29, 1.82) is 0 Å². The highest BCUT2D eigenvalue weighted by Gasteiger charge is 2.33. The van der Waals surface area contributed by atoms with Gasteiger partial charge in [-0.15, -0.1) is 0 Å². The maximum atomic E-state index is 12.7. The van der Waals surface area contributed by atoms with Crippen molar-refractivity contribution in [3.05, 3.63) is 23.4 Å². The molecule has 0 saturated heterocycles. The summed E-state index contributed by atoms with van der Waals surface area (Å²) in [5.41, 5.74) is -0.944. The summed E-state index contributed by atoms with van der Waals surface area (Å²) in [5.74, 6) is 0.399. The molecule has 0 aromatic carbocycles. The van der Waals surface area contributed by atoms with Crippen molar-refractivity contribution in [2.75, 3.05) is 5.32 Å². The van der Waals surface area contributed by atoms with E-state index in [1.54, 1.807) is 27.7 Å². The zero-order valence-corrected chi connectivity index (χ0v) is 14.8. The fourth-order valence-corrected chi connectivity index (χ4v) is 2.82. The zero-order valence-electron chi connectivity index (χ0n) is 14.8. The number of anilines is 1. The first-order valence-electron chi connectivity index (χ1n) is 8.25. The molecule has 140 valence electrons. The van der Waals surface area contributed by atoms with Gasteiger partial charge in [0.1, 0.15) is 11.4 Å². The first-order chi connectivity index (χ1) is 11.5. The molecule has 1 fully saturated rings. The molecule has 2 rings (SSSR count). The average molecular weight is 359 g/mol. The van der Waals surface area contributed by atoms with E-state index in [9.17, 15) is 18.0 Å². The molecular formula is C17H24F3N3O2. The van der Waals surface area contributed by atoms with Crippen molar-refractivity contribution < 1.29 is 22.7 Å². The average Bonchev–Trinajstić information content (AvgIpc) is 2.84. The van der Waals surface area contributed by atoms with Crippen LogP contribution in [0, 0.1) is 6.92 Å². The summed E-state index contributed by atoms with van der Waals surface area (Å²) < 4.78 is 43.4. The van der Waals surface area contributed by atoms with Crippen molar-refractivity contribution >= 4 is 11.9 Å². The molecule has 1 aromatic heterocycles. The van der Waals surface area contributed by atoms with E-state index in [0.717, 1.165) is 31.5 Å². The number of alkyl halides is 3. The normalized spacial score (nSPS) is 21.1. The van der Waals surface area contributed by atoms with E-state index in [-0.39, 0.29) is 12.1 Å². The van der Waals surface area contributed by atoms with Crippen molar-refractivity contribution in [2.24, 2.45) is 0 Å². The Labute approximate surface area is 145 Å². The van der Waals surface area contributed by atoms with Crippen LogP contribution in [0.3, 0.4) is 0 Å². The molecule has 1 aliphatic carbocycles. The summed E-state index contributed by atoms with van der Waals surface area (Å²) in [6.07, 6.45) is -1.62. The lowest BCUT2D eigenvalue weighted by Gasteiger charge is -2.26. The highest BCUT2D eigenvalue weighted by Crippen LogP contribution is 2.31. The van der Waals surface area contributed by atoms with Gasteiger partial charge in [-0.1, -0.05) is 0 Å². The number of carbonyl (C=O) groups is 1. The number of rotatable bonds is 3. The Balaban J connectivity index is 2.03. The standard InChI is InChI=1S/C17H24F3N3O2/c1-10-8-11(17(18,19)20)9-21-14(10)22-12-6-5-7-13(12)23-15(24)25-16(2,3)4/h8-9,12-13H,5-7H2,1-4H3,(H,21,22)(H,23,24)/t12-,13?/m0/s1. The molecule has 5 nitrogen and oxygen atoms in total. The molecule has 0 aliphatic heterocycles. The van der Waals surface area contributed by atoms with Gasteiger partial charge in [-0.2, -0.15) is 13.2 Å². The van der Waals surface area contributed by atoms with Gasteiger partial charge in [0.05, 0.1) is 11.6 Å². The van der Waals surface area contributed by atoms with Gasteiger partial charge in [0.2, 0.25) is 0 Å². The predicted octanol–water partition coefficient (Wildman–Crippen LogP) is 4.27. The van der Waals surface area contributed by atoms with Crippen LogP contribution in [0.25, 0.3) is 0 Å². The Hall–Kier alpha value is -1.99. The lowest BCUT2D eigenvalue weighted by atomic mass is 10.1. The number of ether oxygens (including phenoxy) is 1. The highest BCUT2D eigenvalue weighted by atomic mass is 19.4. The Kier molecular flexibility index (Phi) is 5.49. The van der Waals surface area contributed by atoms with Gasteiger partial charge in [-0.05, 0) is 58.6 Å². The number of halogens is 3. The van der Waals surface area contributed by atoms with Crippen molar-refractivity contribution in [1.82, 2.24) is 10.3 Å². The van der Waals surface area contributed by atoms with Crippen LogP contribution >= 0.6 is 0 Å². The Morgan fingerprint density at radius 1 is 1.24 bits per heavy atom. The van der Waals surface area contributed by atoms with Gasteiger partial charge < -0.3 is 15.4 Å². The predicted molar refractivity (Wildman–Crippen MR) is 88.4 cm³/mol. The molecule has 0 bridgehead atoms. The van der Waals surface area contributed by atoms with Crippen LogP contribution in [-0.4, -0.2) is 28.8 Å².